The van der Waals surface area contributed by atoms with E-state index in [1.54, 1.807) is 14.0 Å². The van der Waals surface area contributed by atoms with Crippen molar-refractivity contribution in [3.05, 3.63) is 0 Å². The van der Waals surface area contributed by atoms with E-state index >= 15 is 0 Å². The zero-order valence-electron chi connectivity index (χ0n) is 12.0. The molecule has 5 nitrogen and oxygen atoms in total. The average molecular weight is 264 g/mol. The van der Waals surface area contributed by atoms with Gasteiger partial charge in [0.25, 0.3) is 0 Å². The van der Waals surface area contributed by atoms with Crippen LogP contribution in [0, 0.1) is 0 Å². The summed E-state index contributed by atoms with van der Waals surface area (Å²) < 4.78 is 16.0. The van der Waals surface area contributed by atoms with Crippen molar-refractivity contribution in [3.8, 4) is 0 Å². The molecule has 0 aliphatic carbocycles. The van der Waals surface area contributed by atoms with Gasteiger partial charge in [-0.3, -0.25) is 0 Å². The Labute approximate surface area is 110 Å². The zero-order chi connectivity index (χ0) is 14.0. The lowest BCUT2D eigenvalue weighted by atomic mass is 10.1. The highest BCUT2D eigenvalue weighted by Gasteiger charge is 2.14. The van der Waals surface area contributed by atoms with E-state index in [2.05, 4.69) is 0 Å². The van der Waals surface area contributed by atoms with Gasteiger partial charge in [0.05, 0.1) is 44.2 Å². The molecule has 0 aromatic heterocycles. The van der Waals surface area contributed by atoms with Gasteiger partial charge in [0.2, 0.25) is 0 Å². The van der Waals surface area contributed by atoms with Crippen LogP contribution in [0.1, 0.15) is 33.6 Å². The molecule has 4 unspecified atom stereocenters. The number of rotatable bonds is 11. The van der Waals surface area contributed by atoms with Crippen LogP contribution >= 0.6 is 0 Å². The Hall–Kier alpha value is -0.200. The van der Waals surface area contributed by atoms with Crippen molar-refractivity contribution in [1.82, 2.24) is 0 Å². The molecule has 0 fully saturated rings. The first-order chi connectivity index (χ1) is 8.53. The van der Waals surface area contributed by atoms with Gasteiger partial charge in [0.1, 0.15) is 0 Å². The Morgan fingerprint density at radius 2 is 1.67 bits per heavy atom. The number of hydrogen-bond donors (Lipinski definition) is 2. The van der Waals surface area contributed by atoms with E-state index in [0.29, 0.717) is 13.0 Å². The van der Waals surface area contributed by atoms with Gasteiger partial charge >= 0.3 is 0 Å². The lowest BCUT2D eigenvalue weighted by Crippen LogP contribution is -2.28. The summed E-state index contributed by atoms with van der Waals surface area (Å²) >= 11 is 0. The Morgan fingerprint density at radius 1 is 1.06 bits per heavy atom. The van der Waals surface area contributed by atoms with Gasteiger partial charge in [-0.05, 0) is 20.3 Å². The molecule has 18 heavy (non-hydrogen) atoms. The molecule has 0 radical (unpaired) electrons. The maximum absolute atomic E-state index is 9.77. The summed E-state index contributed by atoms with van der Waals surface area (Å²) in [6, 6.07) is 0. The SMILES string of the molecule is CCC(CC(O)COC(C)COC(C)CO)OC. The first-order valence-electron chi connectivity index (χ1n) is 6.58. The summed E-state index contributed by atoms with van der Waals surface area (Å²) in [6.07, 6.45) is 0.723. The largest absolute Gasteiger partial charge is 0.394 e. The van der Waals surface area contributed by atoms with Crippen LogP contribution in [-0.2, 0) is 14.2 Å². The Morgan fingerprint density at radius 3 is 2.17 bits per heavy atom. The third-order valence-electron chi connectivity index (χ3n) is 2.77. The molecule has 4 atom stereocenters. The van der Waals surface area contributed by atoms with E-state index in [4.69, 9.17) is 19.3 Å². The Balaban J connectivity index is 3.67. The average Bonchev–Trinajstić information content (AvgIpc) is 2.39. The van der Waals surface area contributed by atoms with Gasteiger partial charge in [-0.2, -0.15) is 0 Å². The molecule has 110 valence electrons. The third-order valence-corrected chi connectivity index (χ3v) is 2.77. The van der Waals surface area contributed by atoms with Crippen molar-refractivity contribution in [2.45, 2.75) is 58.0 Å². The normalized spacial score (nSPS) is 18.3. The van der Waals surface area contributed by atoms with Crippen molar-refractivity contribution in [2.75, 3.05) is 26.9 Å². The molecule has 0 bridgehead atoms. The summed E-state index contributed by atoms with van der Waals surface area (Å²) in [4.78, 5) is 0. The van der Waals surface area contributed by atoms with Gasteiger partial charge in [0, 0.05) is 13.5 Å². The van der Waals surface area contributed by atoms with E-state index in [0.717, 1.165) is 6.42 Å². The summed E-state index contributed by atoms with van der Waals surface area (Å²) in [5, 5.41) is 18.6. The second-order valence-electron chi connectivity index (χ2n) is 4.63. The van der Waals surface area contributed by atoms with Gasteiger partial charge < -0.3 is 24.4 Å². The van der Waals surface area contributed by atoms with E-state index in [-0.39, 0.29) is 31.5 Å². The first kappa shape index (κ1) is 17.8. The predicted molar refractivity (Wildman–Crippen MR) is 69.6 cm³/mol. The Kier molecular flexibility index (Phi) is 10.6. The number of methoxy groups -OCH3 is 1. The molecule has 0 heterocycles. The van der Waals surface area contributed by atoms with Crippen LogP contribution in [0.2, 0.25) is 0 Å². The maximum Gasteiger partial charge on any atom is 0.0798 e. The lowest BCUT2D eigenvalue weighted by Gasteiger charge is -2.20. The molecule has 0 amide bonds. The van der Waals surface area contributed by atoms with Crippen LogP contribution in [0.3, 0.4) is 0 Å². The molecule has 0 saturated heterocycles. The molecule has 0 aliphatic heterocycles. The molecule has 0 aliphatic rings. The van der Waals surface area contributed by atoms with E-state index < -0.39 is 6.10 Å². The molecule has 0 spiro atoms. The third kappa shape index (κ3) is 8.83. The van der Waals surface area contributed by atoms with Gasteiger partial charge in [-0.15, -0.1) is 0 Å². The number of hydrogen-bond acceptors (Lipinski definition) is 5. The van der Waals surface area contributed by atoms with Gasteiger partial charge in [-0.25, -0.2) is 0 Å². The maximum atomic E-state index is 9.77. The minimum absolute atomic E-state index is 0.00135. The van der Waals surface area contributed by atoms with Crippen LogP contribution in [-0.4, -0.2) is 61.6 Å². The van der Waals surface area contributed by atoms with Crippen molar-refractivity contribution in [1.29, 1.82) is 0 Å². The second kappa shape index (κ2) is 10.7. The van der Waals surface area contributed by atoms with E-state index in [1.165, 1.54) is 0 Å². The highest BCUT2D eigenvalue weighted by Crippen LogP contribution is 2.07. The van der Waals surface area contributed by atoms with E-state index in [1.807, 2.05) is 13.8 Å². The number of aliphatic hydroxyl groups excluding tert-OH is 2. The van der Waals surface area contributed by atoms with Crippen LogP contribution < -0.4 is 0 Å². The monoisotopic (exact) mass is 264 g/mol. The van der Waals surface area contributed by atoms with Crippen molar-refractivity contribution >= 4 is 0 Å². The molecule has 5 heteroatoms. The molecule has 0 saturated carbocycles. The van der Waals surface area contributed by atoms with Crippen LogP contribution in [0.25, 0.3) is 0 Å². The molecule has 2 N–H and O–H groups in total. The molecular weight excluding hydrogens is 236 g/mol. The van der Waals surface area contributed by atoms with Crippen LogP contribution in [0.4, 0.5) is 0 Å². The quantitative estimate of drug-likeness (QED) is 0.582. The van der Waals surface area contributed by atoms with Crippen LogP contribution in [0.5, 0.6) is 0 Å². The second-order valence-corrected chi connectivity index (χ2v) is 4.63. The predicted octanol–water partition coefficient (Wildman–Crippen LogP) is 0.965. The smallest absolute Gasteiger partial charge is 0.0798 e. The lowest BCUT2D eigenvalue weighted by molar-refractivity contribution is -0.0722. The fraction of sp³-hybridized carbons (Fsp3) is 1.00. The van der Waals surface area contributed by atoms with Crippen molar-refractivity contribution in [2.24, 2.45) is 0 Å². The summed E-state index contributed by atoms with van der Waals surface area (Å²) in [6.45, 7) is 6.39. The highest BCUT2D eigenvalue weighted by atomic mass is 16.5. The summed E-state index contributed by atoms with van der Waals surface area (Å²) in [5.74, 6) is 0. The topological polar surface area (TPSA) is 68.2 Å². The van der Waals surface area contributed by atoms with Crippen LogP contribution in [0.15, 0.2) is 0 Å². The summed E-state index contributed by atoms with van der Waals surface area (Å²) in [5.41, 5.74) is 0. The minimum Gasteiger partial charge on any atom is -0.394 e. The standard InChI is InChI=1S/C13H28O5/c1-5-13(16-4)6-12(15)9-18-11(3)8-17-10(2)7-14/h10-15H,5-9H2,1-4H3. The highest BCUT2D eigenvalue weighted by molar-refractivity contribution is 4.64. The number of aliphatic hydroxyl groups is 2. The van der Waals surface area contributed by atoms with E-state index in [9.17, 15) is 5.11 Å². The minimum atomic E-state index is -0.521. The molecule has 0 aromatic rings. The van der Waals surface area contributed by atoms with Crippen molar-refractivity contribution in [3.63, 3.8) is 0 Å². The van der Waals surface area contributed by atoms with Gasteiger partial charge in [0.15, 0.2) is 0 Å². The summed E-state index contributed by atoms with van der Waals surface area (Å²) in [7, 11) is 1.65. The zero-order valence-corrected chi connectivity index (χ0v) is 12.0. The molecule has 0 rings (SSSR count). The number of ether oxygens (including phenoxy) is 3. The van der Waals surface area contributed by atoms with Gasteiger partial charge in [-0.1, -0.05) is 6.92 Å². The Bertz CT molecular complexity index is 184. The molecular formula is C13H28O5. The fourth-order valence-electron chi connectivity index (χ4n) is 1.48. The fourth-order valence-corrected chi connectivity index (χ4v) is 1.48. The van der Waals surface area contributed by atoms with Crippen molar-refractivity contribution < 1.29 is 24.4 Å². The molecule has 0 aromatic carbocycles. The first-order valence-corrected chi connectivity index (χ1v) is 6.58.